The van der Waals surface area contributed by atoms with Crippen LogP contribution in [0.3, 0.4) is 0 Å². The van der Waals surface area contributed by atoms with Gasteiger partial charge in [0.25, 0.3) is 0 Å². The molecule has 1 aliphatic rings. The summed E-state index contributed by atoms with van der Waals surface area (Å²) in [5.74, 6) is 0. The van der Waals surface area contributed by atoms with Crippen LogP contribution in [0.25, 0.3) is 10.4 Å². The molecule has 2 amide bonds. The van der Waals surface area contributed by atoms with Crippen molar-refractivity contribution in [3.8, 4) is 10.4 Å². The molecule has 3 nitrogen and oxygen atoms in total. The molecule has 3 N–H and O–H groups in total. The van der Waals surface area contributed by atoms with Gasteiger partial charge < -0.3 is 5.73 Å². The summed E-state index contributed by atoms with van der Waals surface area (Å²) < 4.78 is 0. The van der Waals surface area contributed by atoms with Gasteiger partial charge in [-0.1, -0.05) is 23.8 Å². The zero-order valence-electron chi connectivity index (χ0n) is 10.1. The number of carbonyl (C=O) groups excluding carboxylic acids is 1. The molecule has 18 heavy (non-hydrogen) atoms. The highest BCUT2D eigenvalue weighted by Gasteiger charge is 2.19. The van der Waals surface area contributed by atoms with Crippen LogP contribution in [0.1, 0.15) is 16.7 Å². The average Bonchev–Trinajstić information content (AvgIpc) is 2.70. The molecule has 1 aliphatic carbocycles. The van der Waals surface area contributed by atoms with E-state index in [0.29, 0.717) is 0 Å². The number of aryl methyl sites for hydroxylation is 3. The highest BCUT2D eigenvalue weighted by atomic mass is 32.1. The number of urea groups is 1. The van der Waals surface area contributed by atoms with E-state index in [1.165, 1.54) is 27.1 Å². The fraction of sp³-hybridized carbons (Fsp3) is 0.214. The van der Waals surface area contributed by atoms with E-state index in [4.69, 9.17) is 5.73 Å². The molecule has 0 atom stereocenters. The first-order valence-electron chi connectivity index (χ1n) is 5.92. The number of amides is 2. The van der Waals surface area contributed by atoms with E-state index in [0.717, 1.165) is 17.8 Å². The highest BCUT2D eigenvalue weighted by Crippen LogP contribution is 2.41. The lowest BCUT2D eigenvalue weighted by Crippen LogP contribution is -2.18. The number of benzene rings is 1. The summed E-state index contributed by atoms with van der Waals surface area (Å²) in [7, 11) is 0. The van der Waals surface area contributed by atoms with E-state index < -0.39 is 6.03 Å². The Morgan fingerprint density at radius 1 is 1.28 bits per heavy atom. The standard InChI is InChI=1S/C14H14N2OS/c1-8-2-5-11-9(6-8)3-4-10-7-12(16-14(15)17)18-13(10)11/h2,5-7H,3-4H2,1H3,(H3,15,16,17). The molecule has 0 spiro atoms. The Hall–Kier alpha value is -1.81. The number of nitrogens with one attached hydrogen (secondary N) is 1. The molecule has 1 aromatic heterocycles. The summed E-state index contributed by atoms with van der Waals surface area (Å²) in [5, 5.41) is 3.50. The Kier molecular flexibility index (Phi) is 2.59. The second kappa shape index (κ2) is 4.14. The van der Waals surface area contributed by atoms with E-state index in [1.807, 2.05) is 6.07 Å². The molecular weight excluding hydrogens is 244 g/mol. The topological polar surface area (TPSA) is 55.1 Å². The number of rotatable bonds is 1. The van der Waals surface area contributed by atoms with E-state index in [-0.39, 0.29) is 0 Å². The highest BCUT2D eigenvalue weighted by molar-refractivity contribution is 7.19. The molecule has 0 aliphatic heterocycles. The summed E-state index contributed by atoms with van der Waals surface area (Å²) in [6, 6.07) is 8.09. The molecule has 0 saturated heterocycles. The van der Waals surface area contributed by atoms with Gasteiger partial charge in [-0.15, -0.1) is 11.3 Å². The van der Waals surface area contributed by atoms with Crippen molar-refractivity contribution in [1.29, 1.82) is 0 Å². The third kappa shape index (κ3) is 1.88. The van der Waals surface area contributed by atoms with Crippen molar-refractivity contribution in [2.24, 2.45) is 5.73 Å². The van der Waals surface area contributed by atoms with Crippen LogP contribution in [-0.4, -0.2) is 6.03 Å². The number of nitrogens with two attached hydrogens (primary N) is 1. The molecule has 1 aromatic carbocycles. The van der Waals surface area contributed by atoms with Gasteiger partial charge in [-0.25, -0.2) is 4.79 Å². The molecule has 92 valence electrons. The zero-order chi connectivity index (χ0) is 12.7. The second-order valence-corrected chi connectivity index (χ2v) is 5.67. The third-order valence-electron chi connectivity index (χ3n) is 3.22. The summed E-state index contributed by atoms with van der Waals surface area (Å²) in [5.41, 5.74) is 10.4. The van der Waals surface area contributed by atoms with Crippen molar-refractivity contribution < 1.29 is 4.79 Å². The maximum atomic E-state index is 10.9. The van der Waals surface area contributed by atoms with E-state index in [1.54, 1.807) is 11.3 Å². The molecule has 4 heteroatoms. The average molecular weight is 258 g/mol. The summed E-state index contributed by atoms with van der Waals surface area (Å²) in [6.07, 6.45) is 2.10. The predicted molar refractivity (Wildman–Crippen MR) is 75.1 cm³/mol. The van der Waals surface area contributed by atoms with Gasteiger partial charge in [0.15, 0.2) is 0 Å². The summed E-state index contributed by atoms with van der Waals surface area (Å²) >= 11 is 1.60. The van der Waals surface area contributed by atoms with E-state index in [9.17, 15) is 4.79 Å². The van der Waals surface area contributed by atoms with Crippen LogP contribution in [-0.2, 0) is 12.8 Å². The van der Waals surface area contributed by atoms with E-state index in [2.05, 4.69) is 30.4 Å². The van der Waals surface area contributed by atoms with Gasteiger partial charge in [-0.05, 0) is 42.5 Å². The molecule has 0 fully saturated rings. The summed E-state index contributed by atoms with van der Waals surface area (Å²) in [4.78, 5) is 12.2. The monoisotopic (exact) mass is 258 g/mol. The largest absolute Gasteiger partial charge is 0.351 e. The Labute approximate surface area is 110 Å². The summed E-state index contributed by atoms with van der Waals surface area (Å²) in [6.45, 7) is 2.12. The van der Waals surface area contributed by atoms with Gasteiger partial charge in [0.1, 0.15) is 0 Å². The first kappa shape index (κ1) is 11.3. The second-order valence-electron chi connectivity index (χ2n) is 4.61. The maximum Gasteiger partial charge on any atom is 0.317 e. The number of carbonyl (C=O) groups is 1. The number of anilines is 1. The lowest BCUT2D eigenvalue weighted by Gasteiger charge is -2.16. The molecule has 1 heterocycles. The minimum Gasteiger partial charge on any atom is -0.351 e. The van der Waals surface area contributed by atoms with E-state index >= 15 is 0 Å². The number of hydrogen-bond donors (Lipinski definition) is 2. The van der Waals surface area contributed by atoms with Crippen molar-refractivity contribution in [2.75, 3.05) is 5.32 Å². The Morgan fingerprint density at radius 3 is 2.83 bits per heavy atom. The number of fused-ring (bicyclic) bond motifs is 3. The first-order valence-corrected chi connectivity index (χ1v) is 6.74. The predicted octanol–water partition coefficient (Wildman–Crippen LogP) is 3.31. The molecule has 0 unspecified atom stereocenters. The molecule has 0 bridgehead atoms. The van der Waals surface area contributed by atoms with Crippen molar-refractivity contribution in [2.45, 2.75) is 19.8 Å². The van der Waals surface area contributed by atoms with Gasteiger partial charge in [-0.3, -0.25) is 5.32 Å². The minimum absolute atomic E-state index is 0.502. The molecule has 2 aromatic rings. The molecule has 3 rings (SSSR count). The van der Waals surface area contributed by atoms with Crippen molar-refractivity contribution in [1.82, 2.24) is 0 Å². The van der Waals surface area contributed by atoms with Crippen LogP contribution in [0.2, 0.25) is 0 Å². The lowest BCUT2D eigenvalue weighted by atomic mass is 9.90. The van der Waals surface area contributed by atoms with Crippen LogP contribution >= 0.6 is 11.3 Å². The Bertz CT molecular complexity index is 631. The van der Waals surface area contributed by atoms with Gasteiger partial charge in [0, 0.05) is 4.88 Å². The number of hydrogen-bond acceptors (Lipinski definition) is 2. The van der Waals surface area contributed by atoms with Crippen LogP contribution in [0.15, 0.2) is 24.3 Å². The molecule has 0 saturated carbocycles. The fourth-order valence-electron chi connectivity index (χ4n) is 2.45. The number of thiophene rings is 1. The van der Waals surface area contributed by atoms with Crippen LogP contribution in [0.4, 0.5) is 9.80 Å². The van der Waals surface area contributed by atoms with Crippen LogP contribution in [0.5, 0.6) is 0 Å². The van der Waals surface area contributed by atoms with Crippen molar-refractivity contribution in [3.63, 3.8) is 0 Å². The normalized spacial score (nSPS) is 12.7. The Morgan fingerprint density at radius 2 is 2.06 bits per heavy atom. The molecule has 0 radical (unpaired) electrons. The smallest absolute Gasteiger partial charge is 0.317 e. The van der Waals surface area contributed by atoms with Gasteiger partial charge >= 0.3 is 6.03 Å². The number of primary amides is 1. The van der Waals surface area contributed by atoms with Gasteiger partial charge in [0.2, 0.25) is 0 Å². The minimum atomic E-state index is -0.502. The van der Waals surface area contributed by atoms with Crippen molar-refractivity contribution >= 4 is 22.4 Å². The zero-order valence-corrected chi connectivity index (χ0v) is 10.9. The van der Waals surface area contributed by atoms with Gasteiger partial charge in [0.05, 0.1) is 5.00 Å². The Balaban J connectivity index is 2.06. The lowest BCUT2D eigenvalue weighted by molar-refractivity contribution is 0.259. The third-order valence-corrected chi connectivity index (χ3v) is 4.35. The SMILES string of the molecule is Cc1ccc2c(c1)CCc1cc(NC(N)=O)sc1-2. The quantitative estimate of drug-likeness (QED) is 0.810. The van der Waals surface area contributed by atoms with Crippen molar-refractivity contribution in [3.05, 3.63) is 41.0 Å². The van der Waals surface area contributed by atoms with Gasteiger partial charge in [-0.2, -0.15) is 0 Å². The fourth-order valence-corrected chi connectivity index (χ4v) is 3.62. The first-order chi connectivity index (χ1) is 8.63. The van der Waals surface area contributed by atoms with Crippen LogP contribution < -0.4 is 11.1 Å². The molecular formula is C14H14N2OS. The maximum absolute atomic E-state index is 10.9. The van der Waals surface area contributed by atoms with Crippen LogP contribution in [0, 0.1) is 6.92 Å².